The number of nitrogens with zero attached hydrogens (tertiary/aromatic N) is 1. The molecule has 0 atom stereocenters. The Hall–Kier alpha value is -2.95. The predicted molar refractivity (Wildman–Crippen MR) is 88.5 cm³/mol. The minimum atomic E-state index is 0.105. The van der Waals surface area contributed by atoms with Crippen molar-refractivity contribution in [2.75, 3.05) is 21.3 Å². The fraction of sp³-hybridized carbons (Fsp3) is 0.167. The molecule has 0 unspecified atom stereocenters. The highest BCUT2D eigenvalue weighted by molar-refractivity contribution is 5.97. The zero-order valence-corrected chi connectivity index (χ0v) is 13.2. The maximum atomic E-state index is 10.6. The van der Waals surface area contributed by atoms with Crippen molar-refractivity contribution in [3.63, 3.8) is 0 Å². The molecule has 0 saturated heterocycles. The monoisotopic (exact) mass is 311 g/mol. The van der Waals surface area contributed by atoms with Crippen LogP contribution in [0.2, 0.25) is 0 Å². The number of pyridine rings is 1. The Kier molecular flexibility index (Phi) is 3.93. The number of ether oxygens (including phenoxy) is 3. The summed E-state index contributed by atoms with van der Waals surface area (Å²) in [5, 5.41) is 12.0. The van der Waals surface area contributed by atoms with Gasteiger partial charge in [0.05, 0.1) is 21.3 Å². The summed E-state index contributed by atoms with van der Waals surface area (Å²) < 4.78 is 15.8. The second-order valence-corrected chi connectivity index (χ2v) is 4.95. The van der Waals surface area contributed by atoms with Gasteiger partial charge in [0.1, 0.15) is 17.2 Å². The van der Waals surface area contributed by atoms with Gasteiger partial charge in [-0.25, -0.2) is 0 Å². The van der Waals surface area contributed by atoms with Crippen molar-refractivity contribution < 1.29 is 19.3 Å². The molecule has 3 aromatic rings. The first kappa shape index (κ1) is 15.0. The normalized spacial score (nSPS) is 10.6. The van der Waals surface area contributed by atoms with Crippen LogP contribution in [0.1, 0.15) is 0 Å². The van der Waals surface area contributed by atoms with Gasteiger partial charge >= 0.3 is 0 Å². The fourth-order valence-electron chi connectivity index (χ4n) is 2.56. The quantitative estimate of drug-likeness (QED) is 0.797. The molecule has 1 heterocycles. The van der Waals surface area contributed by atoms with Gasteiger partial charge in [0.25, 0.3) is 0 Å². The Morgan fingerprint density at radius 1 is 0.826 bits per heavy atom. The molecule has 23 heavy (non-hydrogen) atoms. The number of methoxy groups -OCH3 is 3. The standard InChI is InChI=1S/C18H17NO4/c1-21-12-6-4-11(5-7-12)16-17(20)13-8-9-15(22-2)18(23-3)14(13)10-19-16/h4-10,20H,1-3H3. The zero-order chi connectivity index (χ0) is 16.4. The van der Waals surface area contributed by atoms with E-state index < -0.39 is 0 Å². The molecule has 0 radical (unpaired) electrons. The van der Waals surface area contributed by atoms with E-state index in [2.05, 4.69) is 4.98 Å². The van der Waals surface area contributed by atoms with Gasteiger partial charge in [-0.3, -0.25) is 4.98 Å². The van der Waals surface area contributed by atoms with Crippen LogP contribution in [-0.2, 0) is 0 Å². The molecule has 0 aliphatic heterocycles. The smallest absolute Gasteiger partial charge is 0.170 e. The number of aromatic hydroxyl groups is 1. The molecule has 5 nitrogen and oxygen atoms in total. The van der Waals surface area contributed by atoms with Crippen LogP contribution in [0.15, 0.2) is 42.6 Å². The number of hydrogen-bond donors (Lipinski definition) is 1. The zero-order valence-electron chi connectivity index (χ0n) is 13.2. The molecule has 5 heteroatoms. The van der Waals surface area contributed by atoms with Crippen molar-refractivity contribution in [2.24, 2.45) is 0 Å². The number of fused-ring (bicyclic) bond motifs is 1. The molecule has 0 spiro atoms. The summed E-state index contributed by atoms with van der Waals surface area (Å²) in [7, 11) is 4.74. The number of benzene rings is 2. The number of rotatable bonds is 4. The average molecular weight is 311 g/mol. The van der Waals surface area contributed by atoms with Crippen LogP contribution < -0.4 is 14.2 Å². The number of aromatic nitrogens is 1. The van der Waals surface area contributed by atoms with Gasteiger partial charge in [-0.1, -0.05) is 0 Å². The highest BCUT2D eigenvalue weighted by Gasteiger charge is 2.16. The van der Waals surface area contributed by atoms with Gasteiger partial charge in [0, 0.05) is 22.5 Å². The van der Waals surface area contributed by atoms with E-state index in [0.717, 1.165) is 11.3 Å². The van der Waals surface area contributed by atoms with Crippen molar-refractivity contribution in [1.82, 2.24) is 4.98 Å². The third-order valence-electron chi connectivity index (χ3n) is 3.75. The Balaban J connectivity index is 2.18. The highest BCUT2D eigenvalue weighted by Crippen LogP contribution is 2.41. The highest BCUT2D eigenvalue weighted by atomic mass is 16.5. The Morgan fingerprint density at radius 2 is 1.57 bits per heavy atom. The summed E-state index contributed by atoms with van der Waals surface area (Å²) in [5.74, 6) is 2.00. The van der Waals surface area contributed by atoms with Gasteiger partial charge in [0.2, 0.25) is 0 Å². The molecular formula is C18H17NO4. The Bertz CT molecular complexity index is 844. The van der Waals surface area contributed by atoms with Gasteiger partial charge in [-0.15, -0.1) is 0 Å². The van der Waals surface area contributed by atoms with E-state index in [1.807, 2.05) is 24.3 Å². The first-order valence-electron chi connectivity index (χ1n) is 7.06. The van der Waals surface area contributed by atoms with E-state index in [9.17, 15) is 5.11 Å². The molecule has 0 fully saturated rings. The first-order valence-corrected chi connectivity index (χ1v) is 7.06. The topological polar surface area (TPSA) is 60.8 Å². The second kappa shape index (κ2) is 6.04. The molecular weight excluding hydrogens is 294 g/mol. The van der Waals surface area contributed by atoms with Crippen molar-refractivity contribution >= 4 is 10.8 Å². The van der Waals surface area contributed by atoms with E-state index in [-0.39, 0.29) is 5.75 Å². The lowest BCUT2D eigenvalue weighted by Gasteiger charge is -2.13. The SMILES string of the molecule is COc1ccc(-c2ncc3c(OC)c(OC)ccc3c2O)cc1. The molecule has 1 aromatic heterocycles. The van der Waals surface area contributed by atoms with Crippen LogP contribution in [0.25, 0.3) is 22.0 Å². The van der Waals surface area contributed by atoms with Gasteiger partial charge < -0.3 is 19.3 Å². The van der Waals surface area contributed by atoms with Gasteiger partial charge in [-0.05, 0) is 36.4 Å². The first-order chi connectivity index (χ1) is 11.2. The fourth-order valence-corrected chi connectivity index (χ4v) is 2.56. The maximum absolute atomic E-state index is 10.6. The molecule has 0 saturated carbocycles. The lowest BCUT2D eigenvalue weighted by Crippen LogP contribution is -1.93. The number of hydrogen-bond acceptors (Lipinski definition) is 5. The van der Waals surface area contributed by atoms with Crippen molar-refractivity contribution in [2.45, 2.75) is 0 Å². The van der Waals surface area contributed by atoms with E-state index in [1.54, 1.807) is 39.7 Å². The third kappa shape index (κ3) is 2.50. The molecule has 3 rings (SSSR count). The lowest BCUT2D eigenvalue weighted by molar-refractivity contribution is 0.358. The average Bonchev–Trinajstić information content (AvgIpc) is 2.61. The molecule has 0 aliphatic carbocycles. The summed E-state index contributed by atoms with van der Waals surface area (Å²) in [5.41, 5.74) is 1.31. The summed E-state index contributed by atoms with van der Waals surface area (Å²) in [6.45, 7) is 0. The van der Waals surface area contributed by atoms with E-state index in [4.69, 9.17) is 14.2 Å². The summed E-state index contributed by atoms with van der Waals surface area (Å²) in [6.07, 6.45) is 1.68. The summed E-state index contributed by atoms with van der Waals surface area (Å²) >= 11 is 0. The van der Waals surface area contributed by atoms with Gasteiger partial charge in [0.15, 0.2) is 11.5 Å². The minimum absolute atomic E-state index is 0.105. The van der Waals surface area contributed by atoms with E-state index >= 15 is 0 Å². The molecule has 0 aliphatic rings. The van der Waals surface area contributed by atoms with Crippen LogP contribution >= 0.6 is 0 Å². The largest absolute Gasteiger partial charge is 0.505 e. The van der Waals surface area contributed by atoms with Crippen LogP contribution in [0.4, 0.5) is 0 Å². The molecule has 0 bridgehead atoms. The Morgan fingerprint density at radius 3 is 2.17 bits per heavy atom. The second-order valence-electron chi connectivity index (χ2n) is 4.95. The molecule has 2 aromatic carbocycles. The predicted octanol–water partition coefficient (Wildman–Crippen LogP) is 3.63. The van der Waals surface area contributed by atoms with Crippen LogP contribution in [0.3, 0.4) is 0 Å². The molecule has 0 amide bonds. The molecule has 118 valence electrons. The van der Waals surface area contributed by atoms with Crippen molar-refractivity contribution in [3.05, 3.63) is 42.6 Å². The minimum Gasteiger partial charge on any atom is -0.505 e. The van der Waals surface area contributed by atoms with E-state index in [1.165, 1.54) is 0 Å². The Labute approximate surface area is 134 Å². The summed E-state index contributed by atoms with van der Waals surface area (Å²) in [6, 6.07) is 10.9. The summed E-state index contributed by atoms with van der Waals surface area (Å²) in [4.78, 5) is 4.39. The van der Waals surface area contributed by atoms with Gasteiger partial charge in [-0.2, -0.15) is 0 Å². The van der Waals surface area contributed by atoms with Crippen LogP contribution in [0.5, 0.6) is 23.0 Å². The van der Waals surface area contributed by atoms with Crippen molar-refractivity contribution in [1.29, 1.82) is 0 Å². The molecule has 1 N–H and O–H groups in total. The van der Waals surface area contributed by atoms with Crippen molar-refractivity contribution in [3.8, 4) is 34.3 Å². The third-order valence-corrected chi connectivity index (χ3v) is 3.75. The van der Waals surface area contributed by atoms with Crippen LogP contribution in [0, 0.1) is 0 Å². The maximum Gasteiger partial charge on any atom is 0.170 e. The van der Waals surface area contributed by atoms with E-state index in [0.29, 0.717) is 28.0 Å². The van der Waals surface area contributed by atoms with Crippen LogP contribution in [-0.4, -0.2) is 31.4 Å². The lowest BCUT2D eigenvalue weighted by atomic mass is 10.0.